The van der Waals surface area contributed by atoms with Crippen LogP contribution in [-0.4, -0.2) is 27.4 Å². The van der Waals surface area contributed by atoms with E-state index in [9.17, 15) is 9.59 Å². The van der Waals surface area contributed by atoms with Crippen molar-refractivity contribution in [3.05, 3.63) is 55.6 Å². The summed E-state index contributed by atoms with van der Waals surface area (Å²) in [5.74, 6) is -0.0958. The molecule has 0 fully saturated rings. The number of rotatable bonds is 4. The van der Waals surface area contributed by atoms with Crippen molar-refractivity contribution >= 4 is 39.9 Å². The van der Waals surface area contributed by atoms with Crippen LogP contribution in [0.3, 0.4) is 0 Å². The summed E-state index contributed by atoms with van der Waals surface area (Å²) < 4.78 is 2.35. The van der Waals surface area contributed by atoms with Crippen molar-refractivity contribution in [2.75, 3.05) is 7.05 Å². The molecular weight excluding hydrogens is 334 g/mol. The fourth-order valence-corrected chi connectivity index (χ4v) is 3.71. The van der Waals surface area contributed by atoms with E-state index in [-0.39, 0.29) is 11.6 Å². The van der Waals surface area contributed by atoms with E-state index in [1.807, 2.05) is 19.1 Å². The highest BCUT2D eigenvalue weighted by atomic mass is 35.5. The number of halogens is 1. The van der Waals surface area contributed by atoms with Crippen LogP contribution in [0.4, 0.5) is 0 Å². The third-order valence-electron chi connectivity index (χ3n) is 3.71. The number of benzene rings is 1. The Morgan fingerprint density at radius 3 is 2.78 bits per heavy atom. The molecule has 3 rings (SSSR count). The zero-order chi connectivity index (χ0) is 16.6. The van der Waals surface area contributed by atoms with E-state index in [4.69, 9.17) is 11.6 Å². The lowest BCUT2D eigenvalue weighted by molar-refractivity contribution is 0.0786. The SMILES string of the molecule is CCn1c(=O)[nH]c2cc(C(=O)N(C)Cc3ccc(Cl)s3)ccc21. The fraction of sp³-hybridized carbons (Fsp3) is 0.250. The van der Waals surface area contributed by atoms with Crippen LogP contribution < -0.4 is 5.69 Å². The van der Waals surface area contributed by atoms with Crippen LogP contribution in [0.1, 0.15) is 22.2 Å². The molecule has 0 radical (unpaired) electrons. The van der Waals surface area contributed by atoms with Gasteiger partial charge in [0, 0.05) is 24.0 Å². The molecule has 0 saturated carbocycles. The molecule has 0 aliphatic heterocycles. The molecule has 0 bridgehead atoms. The van der Waals surface area contributed by atoms with Crippen LogP contribution in [0.25, 0.3) is 11.0 Å². The number of hydrogen-bond donors (Lipinski definition) is 1. The van der Waals surface area contributed by atoms with Gasteiger partial charge in [0.05, 0.1) is 21.9 Å². The van der Waals surface area contributed by atoms with E-state index in [1.165, 1.54) is 11.3 Å². The minimum Gasteiger partial charge on any atom is -0.337 e. The molecule has 3 aromatic rings. The van der Waals surface area contributed by atoms with Gasteiger partial charge in [0.25, 0.3) is 5.91 Å². The first kappa shape index (κ1) is 15.8. The summed E-state index contributed by atoms with van der Waals surface area (Å²) in [7, 11) is 1.75. The molecule has 7 heteroatoms. The predicted molar refractivity (Wildman–Crippen MR) is 93.4 cm³/mol. The van der Waals surface area contributed by atoms with E-state index in [0.717, 1.165) is 10.4 Å². The minimum absolute atomic E-state index is 0.0958. The second-order valence-corrected chi connectivity index (χ2v) is 7.07. The molecule has 0 spiro atoms. The molecule has 23 heavy (non-hydrogen) atoms. The van der Waals surface area contributed by atoms with E-state index < -0.39 is 0 Å². The van der Waals surface area contributed by atoms with Crippen molar-refractivity contribution in [2.24, 2.45) is 0 Å². The Labute approximate surface area is 142 Å². The van der Waals surface area contributed by atoms with Gasteiger partial charge < -0.3 is 9.88 Å². The Kier molecular flexibility index (Phi) is 4.28. The maximum atomic E-state index is 12.6. The number of thiophene rings is 1. The van der Waals surface area contributed by atoms with Gasteiger partial charge in [-0.3, -0.25) is 9.36 Å². The van der Waals surface area contributed by atoms with Crippen LogP contribution in [0.5, 0.6) is 0 Å². The lowest BCUT2D eigenvalue weighted by Crippen LogP contribution is -2.25. The fourth-order valence-electron chi connectivity index (χ4n) is 2.57. The van der Waals surface area contributed by atoms with E-state index in [0.29, 0.717) is 28.5 Å². The molecule has 0 aliphatic rings. The average molecular weight is 350 g/mol. The molecule has 0 saturated heterocycles. The number of nitrogens with zero attached hydrogens (tertiary/aromatic N) is 2. The molecule has 0 atom stereocenters. The number of H-pyrrole nitrogens is 1. The van der Waals surface area contributed by atoms with Gasteiger partial charge in [0.2, 0.25) is 0 Å². The largest absolute Gasteiger partial charge is 0.337 e. The molecule has 2 heterocycles. The van der Waals surface area contributed by atoms with E-state index in [1.54, 1.807) is 34.7 Å². The van der Waals surface area contributed by atoms with Crippen molar-refractivity contribution in [1.29, 1.82) is 0 Å². The molecule has 1 aromatic carbocycles. The summed E-state index contributed by atoms with van der Waals surface area (Å²) >= 11 is 7.38. The van der Waals surface area contributed by atoms with E-state index >= 15 is 0 Å². The number of amides is 1. The summed E-state index contributed by atoms with van der Waals surface area (Å²) in [6.07, 6.45) is 0. The third-order valence-corrected chi connectivity index (χ3v) is 4.92. The molecule has 120 valence electrons. The van der Waals surface area contributed by atoms with Crippen molar-refractivity contribution in [1.82, 2.24) is 14.5 Å². The summed E-state index contributed by atoms with van der Waals surface area (Å²) in [5, 5.41) is 0. The maximum absolute atomic E-state index is 12.6. The van der Waals surface area contributed by atoms with Crippen molar-refractivity contribution in [2.45, 2.75) is 20.0 Å². The Hall–Kier alpha value is -2.05. The Bertz CT molecular complexity index is 925. The number of carbonyl (C=O) groups excluding carboxylic acids is 1. The quantitative estimate of drug-likeness (QED) is 0.785. The van der Waals surface area contributed by atoms with Crippen molar-refractivity contribution in [3.8, 4) is 0 Å². The van der Waals surface area contributed by atoms with Gasteiger partial charge in [0.1, 0.15) is 0 Å². The van der Waals surface area contributed by atoms with Gasteiger partial charge in [-0.1, -0.05) is 11.6 Å². The highest BCUT2D eigenvalue weighted by molar-refractivity contribution is 7.16. The second kappa shape index (κ2) is 6.22. The van der Waals surface area contributed by atoms with Crippen LogP contribution in [0, 0.1) is 0 Å². The minimum atomic E-state index is -0.159. The number of fused-ring (bicyclic) bond motifs is 1. The second-order valence-electron chi connectivity index (χ2n) is 5.27. The van der Waals surface area contributed by atoms with Crippen LogP contribution in [0.2, 0.25) is 4.34 Å². The lowest BCUT2D eigenvalue weighted by Gasteiger charge is -2.16. The summed E-state index contributed by atoms with van der Waals surface area (Å²) in [6.45, 7) is 3.00. The number of carbonyl (C=O) groups is 1. The first-order valence-corrected chi connectivity index (χ1v) is 8.41. The van der Waals surface area contributed by atoms with Crippen LogP contribution in [-0.2, 0) is 13.1 Å². The van der Waals surface area contributed by atoms with Gasteiger partial charge in [-0.25, -0.2) is 4.79 Å². The van der Waals surface area contributed by atoms with Gasteiger partial charge in [-0.15, -0.1) is 11.3 Å². The summed E-state index contributed by atoms with van der Waals surface area (Å²) in [4.78, 5) is 29.8. The number of nitrogens with one attached hydrogen (secondary N) is 1. The normalized spacial score (nSPS) is 11.1. The van der Waals surface area contributed by atoms with Crippen molar-refractivity contribution < 1.29 is 4.79 Å². The molecular formula is C16H16ClN3O2S. The standard InChI is InChI=1S/C16H16ClN3O2S/c1-3-20-13-6-4-10(8-12(13)18-16(20)22)15(21)19(2)9-11-5-7-14(17)23-11/h4-8H,3,9H2,1-2H3,(H,18,22). The van der Waals surface area contributed by atoms with Gasteiger partial charge in [-0.05, 0) is 37.3 Å². The van der Waals surface area contributed by atoms with Crippen LogP contribution in [0.15, 0.2) is 35.1 Å². The number of imidazole rings is 1. The monoisotopic (exact) mass is 349 g/mol. The highest BCUT2D eigenvalue weighted by Crippen LogP contribution is 2.23. The van der Waals surface area contributed by atoms with Gasteiger partial charge >= 0.3 is 5.69 Å². The Morgan fingerprint density at radius 2 is 2.13 bits per heavy atom. The van der Waals surface area contributed by atoms with Crippen molar-refractivity contribution in [3.63, 3.8) is 0 Å². The Morgan fingerprint density at radius 1 is 1.35 bits per heavy atom. The smallest absolute Gasteiger partial charge is 0.326 e. The zero-order valence-corrected chi connectivity index (χ0v) is 14.4. The number of aromatic nitrogens is 2. The van der Waals surface area contributed by atoms with Gasteiger partial charge in [-0.2, -0.15) is 0 Å². The molecule has 2 aromatic heterocycles. The lowest BCUT2D eigenvalue weighted by atomic mass is 10.1. The van der Waals surface area contributed by atoms with Crippen LogP contribution >= 0.6 is 22.9 Å². The Balaban J connectivity index is 1.87. The molecule has 0 unspecified atom stereocenters. The molecule has 1 N–H and O–H groups in total. The molecule has 1 amide bonds. The number of aromatic amines is 1. The average Bonchev–Trinajstić information content (AvgIpc) is 3.07. The predicted octanol–water partition coefficient (Wildman–Crippen LogP) is 3.34. The molecule has 5 nitrogen and oxygen atoms in total. The third kappa shape index (κ3) is 3.04. The summed E-state index contributed by atoms with van der Waals surface area (Å²) in [6, 6.07) is 9.02. The first-order valence-electron chi connectivity index (χ1n) is 7.22. The number of aryl methyl sites for hydroxylation is 1. The summed E-state index contributed by atoms with van der Waals surface area (Å²) in [5.41, 5.74) is 1.87. The zero-order valence-electron chi connectivity index (χ0n) is 12.8. The molecule has 0 aliphatic carbocycles. The first-order chi connectivity index (χ1) is 11.0. The topological polar surface area (TPSA) is 58.1 Å². The number of hydrogen-bond acceptors (Lipinski definition) is 3. The highest BCUT2D eigenvalue weighted by Gasteiger charge is 2.15. The maximum Gasteiger partial charge on any atom is 0.326 e. The van der Waals surface area contributed by atoms with Gasteiger partial charge in [0.15, 0.2) is 0 Å². The van der Waals surface area contributed by atoms with E-state index in [2.05, 4.69) is 4.98 Å².